The van der Waals surface area contributed by atoms with Crippen molar-refractivity contribution in [3.05, 3.63) is 15.9 Å². The summed E-state index contributed by atoms with van der Waals surface area (Å²) < 4.78 is 0. The van der Waals surface area contributed by atoms with Crippen molar-refractivity contribution >= 4 is 29.2 Å². The van der Waals surface area contributed by atoms with Gasteiger partial charge in [-0.05, 0) is 31.6 Å². The van der Waals surface area contributed by atoms with E-state index in [1.807, 2.05) is 0 Å². The minimum atomic E-state index is 0.452. The summed E-state index contributed by atoms with van der Waals surface area (Å²) in [6, 6.07) is 0. The maximum Gasteiger partial charge on any atom is 0.228 e. The lowest BCUT2D eigenvalue weighted by Crippen LogP contribution is -2.26. The van der Waals surface area contributed by atoms with E-state index in [1.54, 1.807) is 0 Å². The number of nitrogens with zero attached hydrogens (tertiary/aromatic N) is 3. The topological polar surface area (TPSA) is 29.0 Å². The van der Waals surface area contributed by atoms with Crippen LogP contribution < -0.4 is 4.90 Å². The van der Waals surface area contributed by atoms with Crippen LogP contribution in [0.15, 0.2) is 0 Å². The number of rotatable bonds is 2. The van der Waals surface area contributed by atoms with Crippen molar-refractivity contribution in [3.8, 4) is 0 Å². The lowest BCUT2D eigenvalue weighted by Gasteiger charge is -2.22. The average molecular weight is 314 g/mol. The molecule has 2 fully saturated rings. The predicted octanol–water partition coefficient (Wildman–Crippen LogP) is 4.82. The monoisotopic (exact) mass is 313 g/mol. The van der Waals surface area contributed by atoms with E-state index in [0.717, 1.165) is 31.5 Å². The van der Waals surface area contributed by atoms with Gasteiger partial charge in [-0.25, -0.2) is 9.97 Å². The van der Waals surface area contributed by atoms with Crippen molar-refractivity contribution in [1.82, 2.24) is 9.97 Å². The van der Waals surface area contributed by atoms with Crippen LogP contribution in [-0.4, -0.2) is 23.1 Å². The fourth-order valence-electron chi connectivity index (χ4n) is 3.37. The second kappa shape index (κ2) is 6.48. The van der Waals surface area contributed by atoms with E-state index in [9.17, 15) is 0 Å². The second-order valence-corrected chi connectivity index (χ2v) is 6.62. The van der Waals surface area contributed by atoms with Crippen molar-refractivity contribution in [2.24, 2.45) is 0 Å². The molecule has 0 bridgehead atoms. The fraction of sp³-hybridized carbons (Fsp3) is 0.733. The molecule has 0 unspecified atom stereocenters. The smallest absolute Gasteiger partial charge is 0.228 e. The van der Waals surface area contributed by atoms with Gasteiger partial charge in [-0.1, -0.05) is 48.9 Å². The van der Waals surface area contributed by atoms with Crippen LogP contribution in [0.3, 0.4) is 0 Å². The van der Waals surface area contributed by atoms with Crippen molar-refractivity contribution in [3.63, 3.8) is 0 Å². The molecule has 110 valence electrons. The van der Waals surface area contributed by atoms with E-state index in [4.69, 9.17) is 23.2 Å². The molecule has 1 aromatic rings. The van der Waals surface area contributed by atoms with Crippen LogP contribution in [0.25, 0.3) is 0 Å². The van der Waals surface area contributed by atoms with E-state index in [2.05, 4.69) is 14.9 Å². The molecule has 2 heterocycles. The van der Waals surface area contributed by atoms with Gasteiger partial charge >= 0.3 is 0 Å². The van der Waals surface area contributed by atoms with Crippen LogP contribution in [0.2, 0.25) is 10.3 Å². The molecule has 1 aliphatic carbocycles. The number of halogens is 2. The molecule has 1 aromatic heterocycles. The molecule has 1 saturated heterocycles. The van der Waals surface area contributed by atoms with E-state index < -0.39 is 0 Å². The summed E-state index contributed by atoms with van der Waals surface area (Å²) in [5, 5.41) is 1.13. The molecular formula is C15H21Cl2N3. The lowest BCUT2D eigenvalue weighted by molar-refractivity contribution is 0.707. The predicted molar refractivity (Wildman–Crippen MR) is 83.9 cm³/mol. The Bertz CT molecular complexity index is 441. The largest absolute Gasteiger partial charge is 0.341 e. The Morgan fingerprint density at radius 2 is 1.35 bits per heavy atom. The minimum Gasteiger partial charge on any atom is -0.341 e. The van der Waals surface area contributed by atoms with Gasteiger partial charge in [0.05, 0.1) is 0 Å². The quantitative estimate of drug-likeness (QED) is 0.733. The van der Waals surface area contributed by atoms with Crippen molar-refractivity contribution in [2.75, 3.05) is 18.0 Å². The van der Waals surface area contributed by atoms with Crippen LogP contribution in [0.1, 0.15) is 62.8 Å². The first-order valence-electron chi connectivity index (χ1n) is 7.73. The van der Waals surface area contributed by atoms with Gasteiger partial charge in [0.1, 0.15) is 10.3 Å². The molecule has 0 atom stereocenters. The fourth-order valence-corrected chi connectivity index (χ4v) is 4.06. The molecule has 0 N–H and O–H groups in total. The van der Waals surface area contributed by atoms with Gasteiger partial charge in [-0.15, -0.1) is 0 Å². The van der Waals surface area contributed by atoms with E-state index in [-0.39, 0.29) is 0 Å². The summed E-state index contributed by atoms with van der Waals surface area (Å²) in [6.07, 6.45) is 9.80. The SMILES string of the molecule is Clc1nc(N2CCCCCC2)nc(Cl)c1C1CCCC1. The summed E-state index contributed by atoms with van der Waals surface area (Å²) >= 11 is 12.8. The number of aromatic nitrogens is 2. The summed E-state index contributed by atoms with van der Waals surface area (Å²) in [6.45, 7) is 2.02. The highest BCUT2D eigenvalue weighted by molar-refractivity contribution is 6.34. The van der Waals surface area contributed by atoms with Gasteiger partial charge < -0.3 is 4.90 Å². The van der Waals surface area contributed by atoms with Crippen molar-refractivity contribution < 1.29 is 0 Å². The van der Waals surface area contributed by atoms with Gasteiger partial charge in [0.15, 0.2) is 0 Å². The maximum absolute atomic E-state index is 6.41. The van der Waals surface area contributed by atoms with Gasteiger partial charge in [-0.3, -0.25) is 0 Å². The third-order valence-corrected chi connectivity index (χ3v) is 5.07. The van der Waals surface area contributed by atoms with Crippen LogP contribution in [-0.2, 0) is 0 Å². The molecule has 2 aliphatic rings. The molecule has 3 rings (SSSR count). The standard InChI is InChI=1S/C15H21Cl2N3/c16-13-12(11-7-3-4-8-11)14(17)19-15(18-13)20-9-5-1-2-6-10-20/h11H,1-10H2. The molecule has 0 aromatic carbocycles. The van der Waals surface area contributed by atoms with Crippen LogP contribution in [0.4, 0.5) is 5.95 Å². The number of anilines is 1. The molecule has 0 spiro atoms. The first-order valence-corrected chi connectivity index (χ1v) is 8.49. The first kappa shape index (κ1) is 14.4. The third kappa shape index (κ3) is 3.04. The third-order valence-electron chi connectivity index (χ3n) is 4.49. The van der Waals surface area contributed by atoms with Gasteiger partial charge in [0.2, 0.25) is 5.95 Å². The highest BCUT2D eigenvalue weighted by atomic mass is 35.5. The van der Waals surface area contributed by atoms with Crippen LogP contribution in [0.5, 0.6) is 0 Å². The average Bonchev–Trinajstić information content (AvgIpc) is 2.79. The Morgan fingerprint density at radius 1 is 0.800 bits per heavy atom. The minimum absolute atomic E-state index is 0.452. The zero-order chi connectivity index (χ0) is 13.9. The van der Waals surface area contributed by atoms with E-state index >= 15 is 0 Å². The van der Waals surface area contributed by atoms with Gasteiger partial charge in [0.25, 0.3) is 0 Å². The molecule has 20 heavy (non-hydrogen) atoms. The summed E-state index contributed by atoms with van der Waals surface area (Å²) in [5.41, 5.74) is 0.976. The molecule has 1 aliphatic heterocycles. The highest BCUT2D eigenvalue weighted by Gasteiger charge is 2.25. The summed E-state index contributed by atoms with van der Waals surface area (Å²) in [5.74, 6) is 1.16. The normalized spacial score (nSPS) is 21.2. The molecule has 5 heteroatoms. The lowest BCUT2D eigenvalue weighted by atomic mass is 10.0. The Hall–Kier alpha value is -0.540. The van der Waals surface area contributed by atoms with Gasteiger partial charge in [-0.2, -0.15) is 0 Å². The van der Waals surface area contributed by atoms with Crippen LogP contribution in [0, 0.1) is 0 Å². The highest BCUT2D eigenvalue weighted by Crippen LogP contribution is 2.40. The molecular weight excluding hydrogens is 293 g/mol. The first-order chi connectivity index (χ1) is 9.75. The van der Waals surface area contributed by atoms with Gasteiger partial charge in [0, 0.05) is 18.7 Å². The van der Waals surface area contributed by atoms with Crippen molar-refractivity contribution in [1.29, 1.82) is 0 Å². The summed E-state index contributed by atoms with van der Waals surface area (Å²) in [7, 11) is 0. The summed E-state index contributed by atoms with van der Waals surface area (Å²) in [4.78, 5) is 11.3. The second-order valence-electron chi connectivity index (χ2n) is 5.90. The Labute approximate surface area is 130 Å². The maximum atomic E-state index is 6.41. The zero-order valence-electron chi connectivity index (χ0n) is 11.7. The molecule has 0 radical (unpaired) electrons. The van der Waals surface area contributed by atoms with Crippen LogP contribution >= 0.6 is 23.2 Å². The Balaban J connectivity index is 1.86. The van der Waals surface area contributed by atoms with E-state index in [0.29, 0.717) is 22.2 Å². The molecule has 3 nitrogen and oxygen atoms in total. The molecule has 1 saturated carbocycles. The zero-order valence-corrected chi connectivity index (χ0v) is 13.3. The molecule has 0 amide bonds. The Kier molecular flexibility index (Phi) is 4.67. The number of hydrogen-bond donors (Lipinski definition) is 0. The van der Waals surface area contributed by atoms with Crippen molar-refractivity contribution in [2.45, 2.75) is 57.3 Å². The van der Waals surface area contributed by atoms with E-state index in [1.165, 1.54) is 38.5 Å². The number of hydrogen-bond acceptors (Lipinski definition) is 3. The Morgan fingerprint density at radius 3 is 1.90 bits per heavy atom.